The molecule has 1 aliphatic heterocycles. The Kier molecular flexibility index (Phi) is 5.20. The lowest BCUT2D eigenvalue weighted by Crippen LogP contribution is -2.34. The Morgan fingerprint density at radius 2 is 1.94 bits per heavy atom. The van der Waals surface area contributed by atoms with Gasteiger partial charge in [0, 0.05) is 20.0 Å². The summed E-state index contributed by atoms with van der Waals surface area (Å²) in [5.74, 6) is 0.177. The number of amides is 1. The van der Waals surface area contributed by atoms with Gasteiger partial charge in [-0.15, -0.1) is 0 Å². The second-order valence-corrected chi connectivity index (χ2v) is 4.67. The highest BCUT2D eigenvalue weighted by atomic mass is 16.2. The molecule has 0 saturated heterocycles. The maximum Gasteiger partial charge on any atom is 0.219 e. The first-order valence-corrected chi connectivity index (χ1v) is 6.42. The molecule has 2 heteroatoms. The molecular formula is C15H23NO. The van der Waals surface area contributed by atoms with E-state index in [-0.39, 0.29) is 5.91 Å². The molecule has 0 aromatic heterocycles. The van der Waals surface area contributed by atoms with E-state index in [0.717, 1.165) is 19.5 Å². The molecule has 0 spiro atoms. The van der Waals surface area contributed by atoms with Gasteiger partial charge in [-0.3, -0.25) is 4.79 Å². The number of hydrogen-bond donors (Lipinski definition) is 0. The first-order chi connectivity index (χ1) is 8.08. The van der Waals surface area contributed by atoms with Crippen molar-refractivity contribution in [2.75, 3.05) is 6.54 Å². The van der Waals surface area contributed by atoms with Crippen LogP contribution in [0.4, 0.5) is 0 Å². The van der Waals surface area contributed by atoms with Gasteiger partial charge in [0.15, 0.2) is 0 Å². The van der Waals surface area contributed by atoms with Crippen LogP contribution in [0.25, 0.3) is 0 Å². The van der Waals surface area contributed by atoms with Crippen LogP contribution < -0.4 is 0 Å². The predicted octanol–water partition coefficient (Wildman–Crippen LogP) is 3.32. The lowest BCUT2D eigenvalue weighted by Gasteiger charge is -2.28. The molecule has 0 radical (unpaired) electrons. The third kappa shape index (κ3) is 3.88. The minimum Gasteiger partial charge on any atom is -0.338 e. The van der Waals surface area contributed by atoms with Gasteiger partial charge in [0.1, 0.15) is 0 Å². The summed E-state index contributed by atoms with van der Waals surface area (Å²) >= 11 is 0. The summed E-state index contributed by atoms with van der Waals surface area (Å²) in [4.78, 5) is 13.1. The van der Waals surface area contributed by atoms with Crippen molar-refractivity contribution in [2.24, 2.45) is 0 Å². The first-order valence-electron chi connectivity index (χ1n) is 6.42. The Morgan fingerprint density at radius 1 is 1.29 bits per heavy atom. The summed E-state index contributed by atoms with van der Waals surface area (Å²) in [5.41, 5.74) is 4.01. The third-order valence-electron chi connectivity index (χ3n) is 2.82. The molecule has 1 aromatic rings. The standard InChI is InChI=1S/C12H15NO.C3H8/c1-9-3-4-12-8-13(10(2)14)6-5-11(12)7-9;1-3-2/h3-4,7H,5-6,8H2,1-2H3;3H2,1-2H3. The normalized spacial score (nSPS) is 13.5. The molecule has 0 saturated carbocycles. The second-order valence-electron chi connectivity index (χ2n) is 4.67. The number of carbonyl (C=O) groups is 1. The highest BCUT2D eigenvalue weighted by Gasteiger charge is 2.17. The van der Waals surface area contributed by atoms with E-state index in [2.05, 4.69) is 39.0 Å². The second kappa shape index (κ2) is 6.43. The van der Waals surface area contributed by atoms with E-state index in [4.69, 9.17) is 0 Å². The van der Waals surface area contributed by atoms with Gasteiger partial charge in [-0.1, -0.05) is 44.0 Å². The monoisotopic (exact) mass is 233 g/mol. The number of hydrogen-bond acceptors (Lipinski definition) is 1. The van der Waals surface area contributed by atoms with Gasteiger partial charge in [0.2, 0.25) is 5.91 Å². The molecule has 2 nitrogen and oxygen atoms in total. The van der Waals surface area contributed by atoms with Crippen molar-refractivity contribution in [3.05, 3.63) is 34.9 Å². The Hall–Kier alpha value is -1.31. The fraction of sp³-hybridized carbons (Fsp3) is 0.533. The lowest BCUT2D eigenvalue weighted by atomic mass is 9.98. The molecule has 94 valence electrons. The summed E-state index contributed by atoms with van der Waals surface area (Å²) < 4.78 is 0. The van der Waals surface area contributed by atoms with E-state index in [0.29, 0.717) is 0 Å². The Labute approximate surface area is 105 Å². The highest BCUT2D eigenvalue weighted by Crippen LogP contribution is 2.19. The molecule has 1 aromatic carbocycles. The molecule has 2 rings (SSSR count). The first kappa shape index (κ1) is 13.8. The van der Waals surface area contributed by atoms with Crippen LogP contribution in [0.15, 0.2) is 18.2 Å². The number of rotatable bonds is 0. The van der Waals surface area contributed by atoms with Crippen molar-refractivity contribution < 1.29 is 4.79 Å². The summed E-state index contributed by atoms with van der Waals surface area (Å²) in [5, 5.41) is 0. The average molecular weight is 233 g/mol. The minimum absolute atomic E-state index is 0.177. The van der Waals surface area contributed by atoms with E-state index in [1.807, 2.05) is 4.90 Å². The van der Waals surface area contributed by atoms with Gasteiger partial charge >= 0.3 is 0 Å². The van der Waals surface area contributed by atoms with Crippen LogP contribution >= 0.6 is 0 Å². The van der Waals surface area contributed by atoms with Gasteiger partial charge < -0.3 is 4.90 Å². The Morgan fingerprint density at radius 3 is 2.53 bits per heavy atom. The van der Waals surface area contributed by atoms with Crippen LogP contribution in [0, 0.1) is 6.92 Å². The molecule has 0 bridgehead atoms. The number of aryl methyl sites for hydroxylation is 1. The molecule has 0 N–H and O–H groups in total. The van der Waals surface area contributed by atoms with E-state index < -0.39 is 0 Å². The molecule has 0 unspecified atom stereocenters. The van der Waals surface area contributed by atoms with Crippen molar-refractivity contribution in [3.63, 3.8) is 0 Å². The highest BCUT2D eigenvalue weighted by molar-refractivity contribution is 5.73. The van der Waals surface area contributed by atoms with Gasteiger partial charge in [0.05, 0.1) is 0 Å². The van der Waals surface area contributed by atoms with Crippen LogP contribution in [0.2, 0.25) is 0 Å². The third-order valence-corrected chi connectivity index (χ3v) is 2.82. The predicted molar refractivity (Wildman–Crippen MR) is 71.9 cm³/mol. The van der Waals surface area contributed by atoms with E-state index in [1.54, 1.807) is 6.92 Å². The maximum absolute atomic E-state index is 11.2. The minimum atomic E-state index is 0.177. The van der Waals surface area contributed by atoms with Crippen LogP contribution in [0.5, 0.6) is 0 Å². The Balaban J connectivity index is 0.000000437. The molecule has 1 aliphatic rings. The van der Waals surface area contributed by atoms with Gasteiger partial charge in [-0.05, 0) is 24.5 Å². The molecule has 0 fully saturated rings. The van der Waals surface area contributed by atoms with Crippen molar-refractivity contribution >= 4 is 5.91 Å². The molecule has 0 atom stereocenters. The van der Waals surface area contributed by atoms with E-state index in [1.165, 1.54) is 23.1 Å². The zero-order chi connectivity index (χ0) is 12.8. The zero-order valence-corrected chi connectivity index (χ0v) is 11.4. The SMILES string of the molecule is CC(=O)N1CCc2cc(C)ccc2C1.CCC. The van der Waals surface area contributed by atoms with Crippen molar-refractivity contribution in [1.29, 1.82) is 0 Å². The Bertz CT molecular complexity index is 385. The molecule has 0 aliphatic carbocycles. The largest absolute Gasteiger partial charge is 0.338 e. The number of benzene rings is 1. The number of nitrogens with zero attached hydrogens (tertiary/aromatic N) is 1. The molecular weight excluding hydrogens is 210 g/mol. The summed E-state index contributed by atoms with van der Waals surface area (Å²) in [7, 11) is 0. The van der Waals surface area contributed by atoms with Crippen molar-refractivity contribution in [1.82, 2.24) is 4.90 Å². The van der Waals surface area contributed by atoms with Crippen LogP contribution in [-0.4, -0.2) is 17.4 Å². The summed E-state index contributed by atoms with van der Waals surface area (Å²) in [6, 6.07) is 6.48. The summed E-state index contributed by atoms with van der Waals surface area (Å²) in [6.07, 6.45) is 2.25. The maximum atomic E-state index is 11.2. The molecule has 17 heavy (non-hydrogen) atoms. The smallest absolute Gasteiger partial charge is 0.219 e. The molecule has 1 amide bonds. The lowest BCUT2D eigenvalue weighted by molar-refractivity contribution is -0.129. The van der Waals surface area contributed by atoms with Crippen molar-refractivity contribution in [3.8, 4) is 0 Å². The van der Waals surface area contributed by atoms with Gasteiger partial charge in [-0.2, -0.15) is 0 Å². The summed E-state index contributed by atoms with van der Waals surface area (Å²) in [6.45, 7) is 9.65. The zero-order valence-electron chi connectivity index (χ0n) is 11.4. The van der Waals surface area contributed by atoms with E-state index >= 15 is 0 Å². The fourth-order valence-corrected chi connectivity index (χ4v) is 1.95. The fourth-order valence-electron chi connectivity index (χ4n) is 1.95. The van der Waals surface area contributed by atoms with E-state index in [9.17, 15) is 4.79 Å². The van der Waals surface area contributed by atoms with Crippen LogP contribution in [0.1, 0.15) is 43.9 Å². The number of carbonyl (C=O) groups excluding carboxylic acids is 1. The number of fused-ring (bicyclic) bond motifs is 1. The van der Waals surface area contributed by atoms with Gasteiger partial charge in [-0.25, -0.2) is 0 Å². The van der Waals surface area contributed by atoms with Crippen molar-refractivity contribution in [2.45, 2.75) is 47.1 Å². The quantitative estimate of drug-likeness (QED) is 0.673. The average Bonchev–Trinajstić information content (AvgIpc) is 2.29. The van der Waals surface area contributed by atoms with Crippen LogP contribution in [0.3, 0.4) is 0 Å². The molecule has 1 heterocycles. The van der Waals surface area contributed by atoms with Gasteiger partial charge in [0.25, 0.3) is 0 Å². The van der Waals surface area contributed by atoms with Crippen LogP contribution in [-0.2, 0) is 17.8 Å². The topological polar surface area (TPSA) is 20.3 Å².